The van der Waals surface area contributed by atoms with Gasteiger partial charge < -0.3 is 9.84 Å². The van der Waals surface area contributed by atoms with Crippen LogP contribution >= 0.6 is 0 Å². The number of esters is 1. The fourth-order valence-corrected chi connectivity index (χ4v) is 1.29. The van der Waals surface area contributed by atoms with Gasteiger partial charge in [-0.25, -0.2) is 9.18 Å². The molecule has 1 aromatic carbocycles. The molecular formula is C12H13FO3. The molecule has 0 saturated heterocycles. The molecule has 0 aliphatic heterocycles. The van der Waals surface area contributed by atoms with Gasteiger partial charge in [-0.1, -0.05) is 18.7 Å². The molecule has 1 rings (SSSR count). The van der Waals surface area contributed by atoms with Crippen molar-refractivity contribution in [3.63, 3.8) is 0 Å². The number of aliphatic hydroxyl groups excluding tert-OH is 1. The van der Waals surface area contributed by atoms with Crippen LogP contribution in [0.1, 0.15) is 28.4 Å². The molecule has 0 aliphatic rings. The van der Waals surface area contributed by atoms with Gasteiger partial charge in [-0.15, -0.1) is 0 Å². The number of halogens is 1. The van der Waals surface area contributed by atoms with Gasteiger partial charge in [-0.2, -0.15) is 0 Å². The van der Waals surface area contributed by atoms with E-state index in [4.69, 9.17) is 0 Å². The van der Waals surface area contributed by atoms with E-state index in [2.05, 4.69) is 11.3 Å². The summed E-state index contributed by atoms with van der Waals surface area (Å²) in [6.07, 6.45) is -1.08. The van der Waals surface area contributed by atoms with E-state index in [0.717, 1.165) is 0 Å². The summed E-state index contributed by atoms with van der Waals surface area (Å²) >= 11 is 0. The minimum absolute atomic E-state index is 0.141. The monoisotopic (exact) mass is 224 g/mol. The van der Waals surface area contributed by atoms with Gasteiger partial charge in [0.15, 0.2) is 0 Å². The number of benzene rings is 1. The first-order chi connectivity index (χ1) is 7.54. The second-order valence-electron chi connectivity index (χ2n) is 3.35. The summed E-state index contributed by atoms with van der Waals surface area (Å²) in [5.41, 5.74) is 0.920. The fraction of sp³-hybridized carbons (Fsp3) is 0.250. The van der Waals surface area contributed by atoms with Crippen LogP contribution in [0.15, 0.2) is 36.7 Å². The smallest absolute Gasteiger partial charge is 0.337 e. The predicted molar refractivity (Wildman–Crippen MR) is 57.6 cm³/mol. The Morgan fingerprint density at radius 2 is 2.06 bits per heavy atom. The van der Waals surface area contributed by atoms with Gasteiger partial charge in [-0.3, -0.25) is 0 Å². The molecule has 0 amide bonds. The van der Waals surface area contributed by atoms with Crippen molar-refractivity contribution in [2.45, 2.75) is 12.5 Å². The molecule has 0 radical (unpaired) electrons. The molecule has 0 aromatic heterocycles. The normalized spacial score (nSPS) is 11.9. The standard InChI is InChI=1S/C12H13FO3/c1-8(13)7-11(14)9-3-5-10(6-4-9)12(15)16-2/h3-6,11,14H,1,7H2,2H3. The molecule has 0 spiro atoms. The fourth-order valence-electron chi connectivity index (χ4n) is 1.29. The van der Waals surface area contributed by atoms with Gasteiger partial charge in [0.05, 0.1) is 24.6 Å². The third kappa shape index (κ3) is 3.17. The highest BCUT2D eigenvalue weighted by Crippen LogP contribution is 2.21. The van der Waals surface area contributed by atoms with Crippen molar-refractivity contribution in [2.75, 3.05) is 7.11 Å². The zero-order chi connectivity index (χ0) is 12.1. The van der Waals surface area contributed by atoms with Crippen molar-refractivity contribution in [3.05, 3.63) is 47.8 Å². The maximum absolute atomic E-state index is 12.5. The van der Waals surface area contributed by atoms with Crippen LogP contribution in [0.5, 0.6) is 0 Å². The Hall–Kier alpha value is -1.68. The van der Waals surface area contributed by atoms with E-state index in [9.17, 15) is 14.3 Å². The van der Waals surface area contributed by atoms with Crippen LogP contribution in [0.2, 0.25) is 0 Å². The van der Waals surface area contributed by atoms with Crippen molar-refractivity contribution in [1.82, 2.24) is 0 Å². The predicted octanol–water partition coefficient (Wildman–Crippen LogP) is 2.38. The van der Waals surface area contributed by atoms with Crippen LogP contribution in [-0.2, 0) is 4.74 Å². The van der Waals surface area contributed by atoms with E-state index in [0.29, 0.717) is 11.1 Å². The lowest BCUT2D eigenvalue weighted by atomic mass is 10.0. The highest BCUT2D eigenvalue weighted by molar-refractivity contribution is 5.89. The zero-order valence-electron chi connectivity index (χ0n) is 8.94. The van der Waals surface area contributed by atoms with E-state index in [1.54, 1.807) is 12.1 Å². The Labute approximate surface area is 93.2 Å². The Morgan fingerprint density at radius 3 is 2.50 bits per heavy atom. The Morgan fingerprint density at radius 1 is 1.50 bits per heavy atom. The minimum Gasteiger partial charge on any atom is -0.465 e. The molecule has 3 nitrogen and oxygen atoms in total. The van der Waals surface area contributed by atoms with Crippen LogP contribution in [0.25, 0.3) is 0 Å². The molecule has 0 bridgehead atoms. The molecule has 0 fully saturated rings. The summed E-state index contributed by atoms with van der Waals surface area (Å²) in [7, 11) is 1.29. The van der Waals surface area contributed by atoms with E-state index in [1.807, 2.05) is 0 Å². The Bertz CT molecular complexity index is 384. The molecule has 4 heteroatoms. The zero-order valence-corrected chi connectivity index (χ0v) is 8.94. The number of methoxy groups -OCH3 is 1. The summed E-state index contributed by atoms with van der Waals surface area (Å²) in [6, 6.07) is 6.15. The average Bonchev–Trinajstić information content (AvgIpc) is 2.27. The molecule has 0 aliphatic carbocycles. The van der Waals surface area contributed by atoms with Gasteiger partial charge in [0.1, 0.15) is 0 Å². The van der Waals surface area contributed by atoms with Crippen LogP contribution in [-0.4, -0.2) is 18.2 Å². The molecule has 1 aromatic rings. The van der Waals surface area contributed by atoms with Crippen LogP contribution in [0, 0.1) is 0 Å². The lowest BCUT2D eigenvalue weighted by Crippen LogP contribution is -2.02. The average molecular weight is 224 g/mol. The van der Waals surface area contributed by atoms with Crippen molar-refractivity contribution in [3.8, 4) is 0 Å². The maximum atomic E-state index is 12.5. The molecule has 1 N–H and O–H groups in total. The lowest BCUT2D eigenvalue weighted by molar-refractivity contribution is 0.0600. The van der Waals surface area contributed by atoms with Crippen LogP contribution in [0.3, 0.4) is 0 Å². The molecule has 0 saturated carbocycles. The number of rotatable bonds is 4. The third-order valence-corrected chi connectivity index (χ3v) is 2.13. The number of aliphatic hydroxyl groups is 1. The number of carbonyl (C=O) groups excluding carboxylic acids is 1. The number of hydrogen-bond donors (Lipinski definition) is 1. The molecule has 0 heterocycles. The van der Waals surface area contributed by atoms with Crippen molar-refractivity contribution < 1.29 is 19.0 Å². The Balaban J connectivity index is 2.78. The molecule has 1 unspecified atom stereocenters. The number of ether oxygens (including phenoxy) is 1. The molecule has 1 atom stereocenters. The summed E-state index contributed by atoms with van der Waals surface area (Å²) in [5.74, 6) is -1.03. The van der Waals surface area contributed by atoms with Gasteiger partial charge in [0, 0.05) is 6.42 Å². The van der Waals surface area contributed by atoms with Crippen molar-refractivity contribution >= 4 is 5.97 Å². The van der Waals surface area contributed by atoms with E-state index >= 15 is 0 Å². The summed E-state index contributed by atoms with van der Waals surface area (Å²) < 4.78 is 17.0. The summed E-state index contributed by atoms with van der Waals surface area (Å²) in [4.78, 5) is 11.1. The number of carbonyl (C=O) groups is 1. The first-order valence-corrected chi connectivity index (χ1v) is 4.74. The molecule has 16 heavy (non-hydrogen) atoms. The Kier molecular flexibility index (Phi) is 4.19. The minimum atomic E-state index is -0.941. The van der Waals surface area contributed by atoms with Gasteiger partial charge in [0.2, 0.25) is 0 Å². The highest BCUT2D eigenvalue weighted by Gasteiger charge is 2.10. The van der Waals surface area contributed by atoms with Gasteiger partial charge in [-0.05, 0) is 17.7 Å². The van der Waals surface area contributed by atoms with Gasteiger partial charge >= 0.3 is 5.97 Å². The van der Waals surface area contributed by atoms with Crippen molar-refractivity contribution in [1.29, 1.82) is 0 Å². The largest absolute Gasteiger partial charge is 0.465 e. The quantitative estimate of drug-likeness (QED) is 0.799. The van der Waals surface area contributed by atoms with E-state index < -0.39 is 17.9 Å². The van der Waals surface area contributed by atoms with E-state index in [-0.39, 0.29) is 6.42 Å². The topological polar surface area (TPSA) is 46.5 Å². The summed E-state index contributed by atoms with van der Waals surface area (Å²) in [5, 5.41) is 9.56. The van der Waals surface area contributed by atoms with E-state index in [1.165, 1.54) is 19.2 Å². The van der Waals surface area contributed by atoms with Gasteiger partial charge in [0.25, 0.3) is 0 Å². The van der Waals surface area contributed by atoms with Crippen LogP contribution in [0.4, 0.5) is 4.39 Å². The number of hydrogen-bond acceptors (Lipinski definition) is 3. The third-order valence-electron chi connectivity index (χ3n) is 2.13. The maximum Gasteiger partial charge on any atom is 0.337 e. The first kappa shape index (κ1) is 12.4. The second-order valence-corrected chi connectivity index (χ2v) is 3.35. The molecular weight excluding hydrogens is 211 g/mol. The second kappa shape index (κ2) is 5.42. The summed E-state index contributed by atoms with van der Waals surface area (Å²) in [6.45, 7) is 3.08. The highest BCUT2D eigenvalue weighted by atomic mass is 19.1. The van der Waals surface area contributed by atoms with Crippen LogP contribution < -0.4 is 0 Å². The lowest BCUT2D eigenvalue weighted by Gasteiger charge is -2.09. The first-order valence-electron chi connectivity index (χ1n) is 4.74. The van der Waals surface area contributed by atoms with Crippen molar-refractivity contribution in [2.24, 2.45) is 0 Å². The SMILES string of the molecule is C=C(F)CC(O)c1ccc(C(=O)OC)cc1. The molecule has 86 valence electrons.